The maximum Gasteiger partial charge on any atom is 0.264 e. The number of aryl methyl sites for hydroxylation is 1. The molecule has 1 atom stereocenters. The molecule has 0 radical (unpaired) electrons. The molecule has 3 aromatic rings. The highest BCUT2D eigenvalue weighted by molar-refractivity contribution is 7.92. The van der Waals surface area contributed by atoms with Crippen LogP contribution < -0.4 is 19.1 Å². The third-order valence-electron chi connectivity index (χ3n) is 6.68. The molecule has 0 spiro atoms. The predicted octanol–water partition coefficient (Wildman–Crippen LogP) is 4.54. The van der Waals surface area contributed by atoms with Gasteiger partial charge in [-0.1, -0.05) is 49.4 Å². The molecule has 1 N–H and O–H groups in total. The molecule has 0 aliphatic carbocycles. The average molecular weight is 582 g/mol. The number of nitrogens with zero attached hydrogens (tertiary/aromatic N) is 2. The Bertz CT molecular complexity index is 1440. The van der Waals surface area contributed by atoms with Gasteiger partial charge in [0.15, 0.2) is 11.5 Å². The van der Waals surface area contributed by atoms with Gasteiger partial charge in [0.05, 0.1) is 24.8 Å². The molecule has 0 aromatic heterocycles. The van der Waals surface area contributed by atoms with Gasteiger partial charge in [0.2, 0.25) is 11.8 Å². The van der Waals surface area contributed by atoms with E-state index in [0.29, 0.717) is 17.9 Å². The van der Waals surface area contributed by atoms with Crippen LogP contribution in [0.1, 0.15) is 38.3 Å². The second kappa shape index (κ2) is 14.0. The van der Waals surface area contributed by atoms with Gasteiger partial charge in [-0.05, 0) is 62.6 Å². The van der Waals surface area contributed by atoms with Gasteiger partial charge < -0.3 is 19.7 Å². The number of carbonyl (C=O) groups is 2. The van der Waals surface area contributed by atoms with E-state index < -0.39 is 28.5 Å². The van der Waals surface area contributed by atoms with Gasteiger partial charge in [-0.2, -0.15) is 0 Å². The van der Waals surface area contributed by atoms with Crippen molar-refractivity contribution >= 4 is 27.5 Å². The number of ether oxygens (including phenoxy) is 2. The van der Waals surface area contributed by atoms with Crippen molar-refractivity contribution in [3.63, 3.8) is 0 Å². The first-order valence-electron chi connectivity index (χ1n) is 13.5. The monoisotopic (exact) mass is 581 g/mol. The highest BCUT2D eigenvalue weighted by atomic mass is 32.2. The summed E-state index contributed by atoms with van der Waals surface area (Å²) in [5.41, 5.74) is 2.14. The Kier molecular flexibility index (Phi) is 10.8. The molecule has 3 rings (SSSR count). The van der Waals surface area contributed by atoms with Crippen molar-refractivity contribution in [1.82, 2.24) is 10.2 Å². The minimum atomic E-state index is -4.24. The molecular formula is C31H39N3O6S. The van der Waals surface area contributed by atoms with Gasteiger partial charge in [-0.3, -0.25) is 13.9 Å². The van der Waals surface area contributed by atoms with Crippen LogP contribution in [-0.4, -0.2) is 58.0 Å². The zero-order valence-electron chi connectivity index (χ0n) is 24.5. The lowest BCUT2D eigenvalue weighted by Gasteiger charge is -2.34. The van der Waals surface area contributed by atoms with E-state index in [2.05, 4.69) is 5.32 Å². The van der Waals surface area contributed by atoms with E-state index >= 15 is 0 Å². The van der Waals surface area contributed by atoms with Crippen LogP contribution in [0, 0.1) is 6.92 Å². The number of amides is 2. The Hall–Kier alpha value is -4.05. The second-order valence-corrected chi connectivity index (χ2v) is 11.8. The van der Waals surface area contributed by atoms with E-state index in [1.807, 2.05) is 52.0 Å². The minimum absolute atomic E-state index is 0.0677. The lowest BCUT2D eigenvalue weighted by Crippen LogP contribution is -2.53. The van der Waals surface area contributed by atoms with E-state index in [9.17, 15) is 18.0 Å². The average Bonchev–Trinajstić information content (AvgIpc) is 2.96. The van der Waals surface area contributed by atoms with Crippen molar-refractivity contribution in [3.05, 3.63) is 83.9 Å². The van der Waals surface area contributed by atoms with Crippen LogP contribution in [0.3, 0.4) is 0 Å². The number of para-hydroxylation sites is 1. The standard InChI is InChI=1S/C31H39N3O6S/c1-7-27(31(36)32-22(2)3)33(20-24-14-12-11-13-23(24)4)30(35)21-34(25-15-9-8-10-16-25)41(37,38)26-17-18-28(39-5)29(19-26)40-6/h8-19,22,27H,7,20-21H2,1-6H3,(H,32,36)/t27-/m1/s1. The summed E-state index contributed by atoms with van der Waals surface area (Å²) in [5, 5.41) is 2.90. The SMILES string of the molecule is CC[C@H](C(=O)NC(C)C)N(Cc1ccccc1C)C(=O)CN(c1ccccc1)S(=O)(=O)c1ccc(OC)c(OC)c1. The molecule has 0 unspecified atom stereocenters. The molecule has 9 nitrogen and oxygen atoms in total. The van der Waals surface area contributed by atoms with Gasteiger partial charge in [0, 0.05) is 18.7 Å². The number of hydrogen-bond acceptors (Lipinski definition) is 6. The van der Waals surface area contributed by atoms with Crippen molar-refractivity contribution in [2.45, 2.75) is 57.6 Å². The molecule has 220 valence electrons. The normalized spacial score (nSPS) is 12.0. The van der Waals surface area contributed by atoms with Crippen molar-refractivity contribution in [3.8, 4) is 11.5 Å². The number of carbonyl (C=O) groups excluding carboxylic acids is 2. The topological polar surface area (TPSA) is 105 Å². The zero-order chi connectivity index (χ0) is 30.2. The molecule has 0 fully saturated rings. The Morgan fingerprint density at radius 2 is 1.54 bits per heavy atom. The number of benzene rings is 3. The number of nitrogens with one attached hydrogen (secondary N) is 1. The quantitative estimate of drug-likeness (QED) is 0.318. The Morgan fingerprint density at radius 1 is 0.902 bits per heavy atom. The van der Waals surface area contributed by atoms with E-state index in [1.54, 1.807) is 30.3 Å². The van der Waals surface area contributed by atoms with Crippen molar-refractivity contribution in [1.29, 1.82) is 0 Å². The Labute approximate surface area is 243 Å². The lowest BCUT2D eigenvalue weighted by molar-refractivity contribution is -0.140. The van der Waals surface area contributed by atoms with Crippen LogP contribution in [0.5, 0.6) is 11.5 Å². The zero-order valence-corrected chi connectivity index (χ0v) is 25.3. The summed E-state index contributed by atoms with van der Waals surface area (Å²) in [6, 6.07) is 19.4. The summed E-state index contributed by atoms with van der Waals surface area (Å²) in [7, 11) is -1.36. The fraction of sp³-hybridized carbons (Fsp3) is 0.355. The van der Waals surface area contributed by atoms with E-state index in [-0.39, 0.29) is 29.1 Å². The van der Waals surface area contributed by atoms with Gasteiger partial charge in [0.1, 0.15) is 12.6 Å². The molecule has 2 amide bonds. The summed E-state index contributed by atoms with van der Waals surface area (Å²) < 4.78 is 39.8. The van der Waals surface area contributed by atoms with Gasteiger partial charge in [-0.15, -0.1) is 0 Å². The second-order valence-electron chi connectivity index (χ2n) is 9.90. The number of sulfonamides is 1. The third-order valence-corrected chi connectivity index (χ3v) is 8.45. The van der Waals surface area contributed by atoms with E-state index in [0.717, 1.165) is 15.4 Å². The first-order chi connectivity index (χ1) is 19.5. The molecule has 3 aromatic carbocycles. The van der Waals surface area contributed by atoms with Crippen molar-refractivity contribution < 1.29 is 27.5 Å². The molecule has 0 aliphatic rings. The van der Waals surface area contributed by atoms with Crippen LogP contribution in [0.2, 0.25) is 0 Å². The van der Waals surface area contributed by atoms with Crippen molar-refractivity contribution in [2.24, 2.45) is 0 Å². The molecule has 41 heavy (non-hydrogen) atoms. The van der Waals surface area contributed by atoms with Crippen molar-refractivity contribution in [2.75, 3.05) is 25.1 Å². The maximum atomic E-state index is 14.1. The molecule has 0 bridgehead atoms. The molecule has 0 saturated heterocycles. The molecule has 10 heteroatoms. The van der Waals surface area contributed by atoms with Crippen LogP contribution >= 0.6 is 0 Å². The summed E-state index contributed by atoms with van der Waals surface area (Å²) >= 11 is 0. The van der Waals surface area contributed by atoms with Crippen LogP contribution in [0.25, 0.3) is 0 Å². The van der Waals surface area contributed by atoms with Gasteiger partial charge >= 0.3 is 0 Å². The highest BCUT2D eigenvalue weighted by Gasteiger charge is 2.34. The number of rotatable bonds is 13. The summed E-state index contributed by atoms with van der Waals surface area (Å²) in [4.78, 5) is 28.8. The fourth-order valence-corrected chi connectivity index (χ4v) is 5.93. The highest BCUT2D eigenvalue weighted by Crippen LogP contribution is 2.32. The number of methoxy groups -OCH3 is 2. The fourth-order valence-electron chi connectivity index (χ4n) is 4.50. The largest absolute Gasteiger partial charge is 0.493 e. The Morgan fingerprint density at radius 3 is 2.12 bits per heavy atom. The van der Waals surface area contributed by atoms with Crippen LogP contribution in [-0.2, 0) is 26.2 Å². The molecular weight excluding hydrogens is 542 g/mol. The Balaban J connectivity index is 2.09. The van der Waals surface area contributed by atoms with Crippen LogP contribution in [0.15, 0.2) is 77.7 Å². The molecule has 0 aliphatic heterocycles. The molecule has 0 saturated carbocycles. The third kappa shape index (κ3) is 7.58. The first-order valence-corrected chi connectivity index (χ1v) is 14.9. The summed E-state index contributed by atoms with van der Waals surface area (Å²) in [6.45, 7) is 7.10. The predicted molar refractivity (Wildman–Crippen MR) is 160 cm³/mol. The van der Waals surface area contributed by atoms with Gasteiger partial charge in [0.25, 0.3) is 10.0 Å². The number of hydrogen-bond donors (Lipinski definition) is 1. The van der Waals surface area contributed by atoms with Crippen LogP contribution in [0.4, 0.5) is 5.69 Å². The molecule has 0 heterocycles. The summed E-state index contributed by atoms with van der Waals surface area (Å²) in [6.07, 6.45) is 0.351. The first kappa shape index (κ1) is 31.5. The van der Waals surface area contributed by atoms with E-state index in [4.69, 9.17) is 9.47 Å². The van der Waals surface area contributed by atoms with Gasteiger partial charge in [-0.25, -0.2) is 8.42 Å². The smallest absolute Gasteiger partial charge is 0.264 e. The summed E-state index contributed by atoms with van der Waals surface area (Å²) in [5.74, 6) is -0.184. The minimum Gasteiger partial charge on any atom is -0.493 e. The maximum absolute atomic E-state index is 14.1. The van der Waals surface area contributed by atoms with E-state index in [1.165, 1.54) is 37.3 Å². The lowest BCUT2D eigenvalue weighted by atomic mass is 10.1. The number of anilines is 1.